The third kappa shape index (κ3) is 3.35. The second kappa shape index (κ2) is 7.76. The van der Waals surface area contributed by atoms with Gasteiger partial charge in [-0.25, -0.2) is 0 Å². The normalized spacial score (nSPS) is 29.2. The molecular formula is C24H27N3O3. The molecule has 3 aliphatic rings. The molecule has 2 bridgehead atoms. The maximum atomic E-state index is 13.0. The second-order valence-electron chi connectivity index (χ2n) is 8.52. The SMILES string of the molecule is C[C@@H]1c2ccccc2O[C@@H]1C(=O)NC[C@H]1CN(C(=O)c2ccccc2)[C@H]2CCN1C2. The molecule has 6 heteroatoms. The zero-order valence-electron chi connectivity index (χ0n) is 17.2. The minimum absolute atomic E-state index is 0.0277. The van der Waals surface area contributed by atoms with E-state index in [1.54, 1.807) is 0 Å². The molecular weight excluding hydrogens is 378 g/mol. The van der Waals surface area contributed by atoms with Crippen LogP contribution in [-0.4, -0.2) is 66.0 Å². The lowest BCUT2D eigenvalue weighted by molar-refractivity contribution is -0.128. The Hall–Kier alpha value is -2.86. The van der Waals surface area contributed by atoms with Gasteiger partial charge in [0.05, 0.1) is 0 Å². The minimum atomic E-state index is -0.501. The van der Waals surface area contributed by atoms with E-state index in [1.807, 2.05) is 66.4 Å². The van der Waals surface area contributed by atoms with Gasteiger partial charge < -0.3 is 15.0 Å². The highest BCUT2D eigenvalue weighted by Gasteiger charge is 2.42. The molecule has 0 aliphatic carbocycles. The van der Waals surface area contributed by atoms with Crippen molar-refractivity contribution in [2.75, 3.05) is 26.2 Å². The number of ether oxygens (including phenoxy) is 1. The lowest BCUT2D eigenvalue weighted by atomic mass is 9.97. The lowest BCUT2D eigenvalue weighted by Gasteiger charge is -2.40. The molecule has 5 atom stereocenters. The first-order chi connectivity index (χ1) is 14.6. The van der Waals surface area contributed by atoms with Crippen molar-refractivity contribution in [2.24, 2.45) is 0 Å². The summed E-state index contributed by atoms with van der Waals surface area (Å²) in [6, 6.07) is 17.7. The maximum Gasteiger partial charge on any atom is 0.261 e. The van der Waals surface area contributed by atoms with Crippen LogP contribution in [0.2, 0.25) is 0 Å². The molecule has 0 spiro atoms. The van der Waals surface area contributed by atoms with Crippen LogP contribution in [0.4, 0.5) is 0 Å². The fraction of sp³-hybridized carbons (Fsp3) is 0.417. The summed E-state index contributed by atoms with van der Waals surface area (Å²) >= 11 is 0. The first-order valence-electron chi connectivity index (χ1n) is 10.7. The number of piperazine rings is 1. The van der Waals surface area contributed by atoms with Crippen molar-refractivity contribution in [3.63, 3.8) is 0 Å². The number of fused-ring (bicyclic) bond motifs is 3. The Labute approximate surface area is 176 Å². The first-order valence-corrected chi connectivity index (χ1v) is 10.7. The minimum Gasteiger partial charge on any atom is -0.480 e. The van der Waals surface area contributed by atoms with E-state index in [2.05, 4.69) is 10.2 Å². The van der Waals surface area contributed by atoms with Gasteiger partial charge in [0.15, 0.2) is 6.10 Å². The van der Waals surface area contributed by atoms with Crippen molar-refractivity contribution in [1.82, 2.24) is 15.1 Å². The Bertz CT molecular complexity index is 948. The summed E-state index contributed by atoms with van der Waals surface area (Å²) in [5, 5.41) is 3.10. The van der Waals surface area contributed by atoms with E-state index in [-0.39, 0.29) is 29.8 Å². The summed E-state index contributed by atoms with van der Waals surface area (Å²) in [6.45, 7) is 5.03. The van der Waals surface area contributed by atoms with Crippen molar-refractivity contribution in [3.8, 4) is 5.75 Å². The standard InChI is InChI=1S/C24H27N3O3/c1-16-20-9-5-6-10-21(20)30-22(16)23(28)25-13-19-15-27(18-11-12-26(19)14-18)24(29)17-7-3-2-4-8-17/h2-10,16,18-19,22H,11-15H2,1H3,(H,25,28)/t16-,18+,19+,22+/m1/s1. The number of nitrogens with zero attached hydrogens (tertiary/aromatic N) is 2. The van der Waals surface area contributed by atoms with Crippen LogP contribution in [0, 0.1) is 0 Å². The largest absolute Gasteiger partial charge is 0.480 e. The predicted molar refractivity (Wildman–Crippen MR) is 114 cm³/mol. The Morgan fingerprint density at radius 2 is 1.83 bits per heavy atom. The van der Waals surface area contributed by atoms with Gasteiger partial charge in [-0.1, -0.05) is 43.3 Å². The van der Waals surface area contributed by atoms with Crippen molar-refractivity contribution < 1.29 is 14.3 Å². The molecule has 5 rings (SSSR count). The summed E-state index contributed by atoms with van der Waals surface area (Å²) < 4.78 is 5.91. The molecule has 30 heavy (non-hydrogen) atoms. The molecule has 2 amide bonds. The van der Waals surface area contributed by atoms with Gasteiger partial charge in [-0.3, -0.25) is 14.5 Å². The molecule has 2 aromatic rings. The van der Waals surface area contributed by atoms with Crippen LogP contribution >= 0.6 is 0 Å². The monoisotopic (exact) mass is 405 g/mol. The van der Waals surface area contributed by atoms with Crippen LogP contribution in [-0.2, 0) is 4.79 Å². The fourth-order valence-corrected chi connectivity index (χ4v) is 5.00. The smallest absolute Gasteiger partial charge is 0.261 e. The van der Waals surface area contributed by atoms with Gasteiger partial charge in [-0.15, -0.1) is 0 Å². The van der Waals surface area contributed by atoms with E-state index in [0.29, 0.717) is 13.1 Å². The van der Waals surface area contributed by atoms with E-state index in [1.165, 1.54) is 0 Å². The summed E-state index contributed by atoms with van der Waals surface area (Å²) in [5.74, 6) is 0.826. The highest BCUT2D eigenvalue weighted by Crippen LogP contribution is 2.37. The Morgan fingerprint density at radius 3 is 2.63 bits per heavy atom. The molecule has 1 N–H and O–H groups in total. The second-order valence-corrected chi connectivity index (χ2v) is 8.52. The Balaban J connectivity index is 1.23. The molecule has 0 radical (unpaired) electrons. The quantitative estimate of drug-likeness (QED) is 0.848. The third-order valence-electron chi connectivity index (χ3n) is 6.73. The number of hydrogen-bond donors (Lipinski definition) is 1. The van der Waals surface area contributed by atoms with Crippen LogP contribution in [0.1, 0.15) is 35.2 Å². The van der Waals surface area contributed by atoms with Gasteiger partial charge in [-0.05, 0) is 24.6 Å². The highest BCUT2D eigenvalue weighted by molar-refractivity contribution is 5.94. The van der Waals surface area contributed by atoms with Crippen molar-refractivity contribution in [1.29, 1.82) is 0 Å². The summed E-state index contributed by atoms with van der Waals surface area (Å²) in [7, 11) is 0. The van der Waals surface area contributed by atoms with Crippen LogP contribution in [0.3, 0.4) is 0 Å². The molecule has 3 heterocycles. The zero-order valence-corrected chi connectivity index (χ0v) is 17.2. The summed E-state index contributed by atoms with van der Waals surface area (Å²) in [5.41, 5.74) is 1.81. The van der Waals surface area contributed by atoms with Crippen molar-refractivity contribution >= 4 is 11.8 Å². The number of hydrogen-bond acceptors (Lipinski definition) is 4. The molecule has 1 unspecified atom stereocenters. The fourth-order valence-electron chi connectivity index (χ4n) is 5.00. The third-order valence-corrected chi connectivity index (χ3v) is 6.73. The molecule has 156 valence electrons. The average molecular weight is 405 g/mol. The van der Waals surface area contributed by atoms with E-state index in [9.17, 15) is 9.59 Å². The van der Waals surface area contributed by atoms with Gasteiger partial charge in [0.1, 0.15) is 5.75 Å². The number of carbonyl (C=O) groups is 2. The van der Waals surface area contributed by atoms with Gasteiger partial charge >= 0.3 is 0 Å². The number of para-hydroxylation sites is 1. The van der Waals surface area contributed by atoms with Crippen LogP contribution in [0.25, 0.3) is 0 Å². The van der Waals surface area contributed by atoms with Crippen LogP contribution < -0.4 is 10.1 Å². The molecule has 2 aromatic carbocycles. The molecule has 2 saturated heterocycles. The molecule has 6 nitrogen and oxygen atoms in total. The van der Waals surface area contributed by atoms with Crippen molar-refractivity contribution in [3.05, 3.63) is 65.7 Å². The number of nitrogens with one attached hydrogen (secondary N) is 1. The number of carbonyl (C=O) groups excluding carboxylic acids is 2. The van der Waals surface area contributed by atoms with Crippen LogP contribution in [0.15, 0.2) is 54.6 Å². The zero-order chi connectivity index (χ0) is 20.7. The molecule has 0 aromatic heterocycles. The molecule has 3 aliphatic heterocycles. The maximum absolute atomic E-state index is 13.0. The first kappa shape index (κ1) is 19.1. The summed E-state index contributed by atoms with van der Waals surface area (Å²) in [6.07, 6.45) is 0.487. The van der Waals surface area contributed by atoms with Gasteiger partial charge in [-0.2, -0.15) is 0 Å². The van der Waals surface area contributed by atoms with Gasteiger partial charge in [0, 0.05) is 55.3 Å². The number of rotatable bonds is 4. The lowest BCUT2D eigenvalue weighted by Crippen LogP contribution is -2.58. The van der Waals surface area contributed by atoms with E-state index < -0.39 is 6.10 Å². The number of benzene rings is 2. The van der Waals surface area contributed by atoms with Gasteiger partial charge in [0.25, 0.3) is 11.8 Å². The van der Waals surface area contributed by atoms with E-state index >= 15 is 0 Å². The Morgan fingerprint density at radius 1 is 1.07 bits per heavy atom. The highest BCUT2D eigenvalue weighted by atomic mass is 16.5. The van der Waals surface area contributed by atoms with Crippen molar-refractivity contribution in [2.45, 2.75) is 37.5 Å². The average Bonchev–Trinajstić information content (AvgIpc) is 3.35. The summed E-state index contributed by atoms with van der Waals surface area (Å²) in [4.78, 5) is 30.3. The molecule has 2 fully saturated rings. The number of amides is 2. The predicted octanol–water partition coefficient (Wildman–Crippen LogP) is 2.27. The van der Waals surface area contributed by atoms with E-state index in [4.69, 9.17) is 4.74 Å². The topological polar surface area (TPSA) is 61.9 Å². The van der Waals surface area contributed by atoms with E-state index in [0.717, 1.165) is 36.4 Å². The van der Waals surface area contributed by atoms with Crippen LogP contribution in [0.5, 0.6) is 5.75 Å². The Kier molecular flexibility index (Phi) is 4.95. The van der Waals surface area contributed by atoms with Gasteiger partial charge in [0.2, 0.25) is 0 Å². The molecule has 0 saturated carbocycles.